The number of imidazole rings is 1. The van der Waals surface area contributed by atoms with E-state index in [1.54, 1.807) is 0 Å². The molecule has 0 spiro atoms. The zero-order valence-electron chi connectivity index (χ0n) is 10.6. The highest BCUT2D eigenvalue weighted by molar-refractivity contribution is 9.10. The second kappa shape index (κ2) is 5.40. The Morgan fingerprint density at radius 2 is 2.22 bits per heavy atom. The van der Waals surface area contributed by atoms with Crippen LogP contribution in [0, 0.1) is 13.8 Å². The summed E-state index contributed by atoms with van der Waals surface area (Å²) in [6.45, 7) is 8.47. The summed E-state index contributed by atoms with van der Waals surface area (Å²) in [4.78, 5) is 4.48. The van der Waals surface area contributed by atoms with Crippen molar-refractivity contribution < 1.29 is 0 Å². The molecule has 1 N–H and O–H groups in total. The number of halogens is 1. The van der Waals surface area contributed by atoms with Crippen LogP contribution in [-0.4, -0.2) is 16.1 Å². The van der Waals surface area contributed by atoms with E-state index in [1.807, 2.05) is 19.2 Å². The van der Waals surface area contributed by atoms with E-state index < -0.39 is 0 Å². The van der Waals surface area contributed by atoms with Gasteiger partial charge in [-0.3, -0.25) is 4.57 Å². The number of benzene rings is 1. The topological polar surface area (TPSA) is 29.9 Å². The molecule has 2 rings (SSSR count). The molecule has 0 saturated carbocycles. The predicted molar refractivity (Wildman–Crippen MR) is 79.4 cm³/mol. The Balaban J connectivity index is 2.48. The molecule has 1 aromatic carbocycles. The minimum atomic E-state index is 0.694. The smallest absolute Gasteiger partial charge is 0.208 e. The summed E-state index contributed by atoms with van der Waals surface area (Å²) in [6.07, 6.45) is 3.84. The molecular formula is C14H16BrN3. The standard InChI is InChI=1S/C14H16BrN3/c1-4-7-16-14-17-11(3)9-18(14)13-8-10(2)5-6-12(13)15/h4-6,8-9H,1,7H2,2-3H3,(H,16,17). The van der Waals surface area contributed by atoms with Gasteiger partial charge in [-0.15, -0.1) is 6.58 Å². The summed E-state index contributed by atoms with van der Waals surface area (Å²) in [5.41, 5.74) is 3.28. The van der Waals surface area contributed by atoms with E-state index in [1.165, 1.54) is 5.56 Å². The van der Waals surface area contributed by atoms with Crippen LogP contribution < -0.4 is 5.32 Å². The van der Waals surface area contributed by atoms with Crippen LogP contribution in [0.1, 0.15) is 11.3 Å². The van der Waals surface area contributed by atoms with Crippen LogP contribution in [0.5, 0.6) is 0 Å². The average molecular weight is 306 g/mol. The van der Waals surface area contributed by atoms with Gasteiger partial charge in [0.05, 0.1) is 11.4 Å². The van der Waals surface area contributed by atoms with Gasteiger partial charge in [-0.1, -0.05) is 12.1 Å². The van der Waals surface area contributed by atoms with Crippen molar-refractivity contribution in [2.24, 2.45) is 0 Å². The van der Waals surface area contributed by atoms with Crippen LogP contribution >= 0.6 is 15.9 Å². The van der Waals surface area contributed by atoms with Crippen molar-refractivity contribution in [3.05, 3.63) is 52.8 Å². The van der Waals surface area contributed by atoms with Gasteiger partial charge in [0.25, 0.3) is 0 Å². The van der Waals surface area contributed by atoms with Gasteiger partial charge in [0.2, 0.25) is 5.95 Å². The minimum Gasteiger partial charge on any atom is -0.352 e. The highest BCUT2D eigenvalue weighted by atomic mass is 79.9. The third-order valence-electron chi connectivity index (χ3n) is 2.59. The van der Waals surface area contributed by atoms with Crippen LogP contribution in [0.2, 0.25) is 0 Å². The molecule has 0 aliphatic rings. The highest BCUT2D eigenvalue weighted by Gasteiger charge is 2.09. The van der Waals surface area contributed by atoms with Gasteiger partial charge < -0.3 is 5.32 Å². The fourth-order valence-corrected chi connectivity index (χ4v) is 2.21. The predicted octanol–water partition coefficient (Wildman–Crippen LogP) is 3.85. The number of hydrogen-bond donors (Lipinski definition) is 1. The fraction of sp³-hybridized carbons (Fsp3) is 0.214. The maximum atomic E-state index is 4.48. The Kier molecular flexibility index (Phi) is 3.87. The Hall–Kier alpha value is -1.55. The lowest BCUT2D eigenvalue weighted by Crippen LogP contribution is -2.06. The van der Waals surface area contributed by atoms with Crippen molar-refractivity contribution in [1.29, 1.82) is 0 Å². The van der Waals surface area contributed by atoms with Crippen molar-refractivity contribution in [3.8, 4) is 5.69 Å². The number of hydrogen-bond acceptors (Lipinski definition) is 2. The monoisotopic (exact) mass is 305 g/mol. The van der Waals surface area contributed by atoms with Crippen LogP contribution in [0.15, 0.2) is 41.5 Å². The van der Waals surface area contributed by atoms with E-state index in [4.69, 9.17) is 0 Å². The second-order valence-electron chi connectivity index (χ2n) is 4.20. The summed E-state index contributed by atoms with van der Waals surface area (Å²) in [5, 5.41) is 3.24. The zero-order chi connectivity index (χ0) is 13.1. The van der Waals surface area contributed by atoms with Crippen LogP contribution in [-0.2, 0) is 0 Å². The molecule has 0 saturated heterocycles. The number of anilines is 1. The Morgan fingerprint density at radius 1 is 1.44 bits per heavy atom. The van der Waals surface area contributed by atoms with Gasteiger partial charge in [-0.25, -0.2) is 4.98 Å². The van der Waals surface area contributed by atoms with Gasteiger partial charge in [0.15, 0.2) is 0 Å². The summed E-state index contributed by atoms with van der Waals surface area (Å²) < 4.78 is 3.10. The Morgan fingerprint density at radius 3 is 2.94 bits per heavy atom. The third kappa shape index (κ3) is 2.64. The summed E-state index contributed by atoms with van der Waals surface area (Å²) in [7, 11) is 0. The SMILES string of the molecule is C=CCNc1nc(C)cn1-c1cc(C)ccc1Br. The minimum absolute atomic E-state index is 0.694. The van der Waals surface area contributed by atoms with E-state index >= 15 is 0 Å². The lowest BCUT2D eigenvalue weighted by molar-refractivity contribution is 1.03. The molecule has 3 nitrogen and oxygen atoms in total. The molecule has 0 radical (unpaired) electrons. The molecule has 0 fully saturated rings. The zero-order valence-corrected chi connectivity index (χ0v) is 12.2. The van der Waals surface area contributed by atoms with E-state index in [9.17, 15) is 0 Å². The first-order valence-corrected chi connectivity index (χ1v) is 6.58. The molecule has 1 aromatic heterocycles. The van der Waals surface area contributed by atoms with Crippen molar-refractivity contribution >= 4 is 21.9 Å². The van der Waals surface area contributed by atoms with Gasteiger partial charge in [-0.2, -0.15) is 0 Å². The van der Waals surface area contributed by atoms with Crippen molar-refractivity contribution in [3.63, 3.8) is 0 Å². The lowest BCUT2D eigenvalue weighted by Gasteiger charge is -2.11. The third-order valence-corrected chi connectivity index (χ3v) is 3.26. The van der Waals surface area contributed by atoms with Crippen molar-refractivity contribution in [2.45, 2.75) is 13.8 Å². The molecule has 0 amide bonds. The van der Waals surface area contributed by atoms with E-state index in [-0.39, 0.29) is 0 Å². The Labute approximate surface area is 116 Å². The maximum absolute atomic E-state index is 4.48. The quantitative estimate of drug-likeness (QED) is 0.870. The number of aromatic nitrogens is 2. The average Bonchev–Trinajstić information content (AvgIpc) is 2.71. The molecule has 0 aliphatic carbocycles. The van der Waals surface area contributed by atoms with Gasteiger partial charge in [-0.05, 0) is 47.5 Å². The molecule has 1 heterocycles. The first-order valence-electron chi connectivity index (χ1n) is 5.79. The van der Waals surface area contributed by atoms with Gasteiger partial charge in [0.1, 0.15) is 0 Å². The molecule has 18 heavy (non-hydrogen) atoms. The van der Waals surface area contributed by atoms with Crippen molar-refractivity contribution in [2.75, 3.05) is 11.9 Å². The normalized spacial score (nSPS) is 10.4. The van der Waals surface area contributed by atoms with Gasteiger partial charge >= 0.3 is 0 Å². The first kappa shape index (κ1) is 12.9. The second-order valence-corrected chi connectivity index (χ2v) is 5.05. The maximum Gasteiger partial charge on any atom is 0.208 e. The number of nitrogens with zero attached hydrogens (tertiary/aromatic N) is 2. The Bertz CT molecular complexity index is 572. The van der Waals surface area contributed by atoms with Crippen LogP contribution in [0.4, 0.5) is 5.95 Å². The van der Waals surface area contributed by atoms with E-state index in [0.29, 0.717) is 6.54 Å². The number of aryl methyl sites for hydroxylation is 2. The molecule has 0 bridgehead atoms. The first-order chi connectivity index (χ1) is 8.61. The molecular weight excluding hydrogens is 290 g/mol. The van der Waals surface area contributed by atoms with Crippen LogP contribution in [0.25, 0.3) is 5.69 Å². The summed E-state index contributed by atoms with van der Waals surface area (Å²) >= 11 is 3.58. The number of nitrogens with one attached hydrogen (secondary N) is 1. The molecule has 0 atom stereocenters. The molecule has 2 aromatic rings. The molecule has 4 heteroatoms. The highest BCUT2D eigenvalue weighted by Crippen LogP contribution is 2.25. The number of rotatable bonds is 4. The van der Waals surface area contributed by atoms with Crippen molar-refractivity contribution in [1.82, 2.24) is 9.55 Å². The van der Waals surface area contributed by atoms with E-state index in [2.05, 4.69) is 62.5 Å². The van der Waals surface area contributed by atoms with Gasteiger partial charge in [0, 0.05) is 17.2 Å². The molecule has 94 valence electrons. The lowest BCUT2D eigenvalue weighted by atomic mass is 10.2. The van der Waals surface area contributed by atoms with Crippen LogP contribution in [0.3, 0.4) is 0 Å². The fourth-order valence-electron chi connectivity index (χ4n) is 1.78. The van der Waals surface area contributed by atoms with E-state index in [0.717, 1.165) is 21.8 Å². The summed E-state index contributed by atoms with van der Waals surface area (Å²) in [6, 6.07) is 6.26. The molecule has 0 unspecified atom stereocenters. The molecule has 0 aliphatic heterocycles. The summed E-state index contributed by atoms with van der Waals surface area (Å²) in [5.74, 6) is 0.832. The largest absolute Gasteiger partial charge is 0.352 e.